The molecule has 276 valence electrons. The van der Waals surface area contributed by atoms with Crippen molar-refractivity contribution >= 4 is 54.9 Å². The van der Waals surface area contributed by atoms with E-state index < -0.39 is 0 Å². The van der Waals surface area contributed by atoms with E-state index in [1.165, 1.54) is 54.7 Å². The third-order valence-corrected chi connectivity index (χ3v) is 10.3. The van der Waals surface area contributed by atoms with E-state index in [1.54, 1.807) is 0 Å². The average molecular weight is 736 g/mol. The first-order chi connectivity index (χ1) is 28.1. The molecule has 0 aliphatic rings. The van der Waals surface area contributed by atoms with Gasteiger partial charge in [-0.3, -0.25) is 0 Å². The summed E-state index contributed by atoms with van der Waals surface area (Å²) < 4.78 is 2.34. The molecule has 2 aromatic heterocycles. The number of para-hydroxylation sites is 4. The summed E-state index contributed by atoms with van der Waals surface area (Å²) in [5.41, 5.74) is 13.6. The molecule has 0 bridgehead atoms. The van der Waals surface area contributed by atoms with Gasteiger partial charge in [-0.05, 0) is 90.2 Å². The van der Waals surface area contributed by atoms with Crippen LogP contribution in [0.15, 0.2) is 230 Å². The third-order valence-electron chi connectivity index (χ3n) is 10.3. The van der Waals surface area contributed by atoms with Gasteiger partial charge in [0, 0.05) is 49.7 Å². The van der Waals surface area contributed by atoms with Gasteiger partial charge in [-0.25, -0.2) is 0 Å². The second-order valence-electron chi connectivity index (χ2n) is 13.9. The molecule has 57 heavy (non-hydrogen) atoms. The van der Waals surface area contributed by atoms with Gasteiger partial charge >= 0.3 is 0 Å². The van der Waals surface area contributed by atoms with Crippen molar-refractivity contribution in [3.05, 3.63) is 236 Å². The van der Waals surface area contributed by atoms with Gasteiger partial charge in [0.2, 0.25) is 0 Å². The summed E-state index contributed by atoms with van der Waals surface area (Å²) in [6.45, 7) is 8.25. The number of allylic oxidation sites excluding steroid dienone is 7. The second-order valence-corrected chi connectivity index (χ2v) is 13.9. The van der Waals surface area contributed by atoms with Crippen molar-refractivity contribution < 1.29 is 0 Å². The Bertz CT molecular complexity index is 2850. The van der Waals surface area contributed by atoms with E-state index in [-0.39, 0.29) is 0 Å². The summed E-state index contributed by atoms with van der Waals surface area (Å²) >= 11 is 0. The van der Waals surface area contributed by atoms with Gasteiger partial charge in [0.05, 0.1) is 11.0 Å². The molecule has 0 fully saturated rings. The van der Waals surface area contributed by atoms with Gasteiger partial charge in [0.1, 0.15) is 0 Å². The lowest BCUT2D eigenvalue weighted by Crippen LogP contribution is -2.04. The summed E-state index contributed by atoms with van der Waals surface area (Å²) in [4.78, 5) is 3.38. The highest BCUT2D eigenvalue weighted by molar-refractivity contribution is 6.09. The molecule has 3 nitrogen and oxygen atoms in total. The SMILES string of the molecule is C=CC(=C\C=C/C)/C(=C/C(=C\C)c1ccc(-c2ccccc2)cc1)Nc1cccc(-n2c3ccccc3c3ccccc32)c1.c1ccc2c(c1)[nH]c1ccccc12. The van der Waals surface area contributed by atoms with Crippen LogP contribution in [0.1, 0.15) is 19.4 Å². The van der Waals surface area contributed by atoms with Crippen LogP contribution in [0.2, 0.25) is 0 Å². The number of anilines is 1. The van der Waals surface area contributed by atoms with Crippen molar-refractivity contribution in [3.63, 3.8) is 0 Å². The lowest BCUT2D eigenvalue weighted by Gasteiger charge is -2.16. The molecule has 9 rings (SSSR count). The number of fused-ring (bicyclic) bond motifs is 6. The lowest BCUT2D eigenvalue weighted by molar-refractivity contribution is 1.18. The zero-order valence-corrected chi connectivity index (χ0v) is 32.4. The van der Waals surface area contributed by atoms with E-state index >= 15 is 0 Å². The quantitative estimate of drug-likeness (QED) is 0.142. The molecule has 0 radical (unpaired) electrons. The van der Waals surface area contributed by atoms with E-state index in [0.717, 1.165) is 33.8 Å². The molecule has 0 unspecified atom stereocenters. The summed E-state index contributed by atoms with van der Waals surface area (Å²) in [6, 6.07) is 61.8. The van der Waals surface area contributed by atoms with Crippen molar-refractivity contribution in [1.82, 2.24) is 9.55 Å². The van der Waals surface area contributed by atoms with Crippen molar-refractivity contribution in [2.45, 2.75) is 13.8 Å². The number of benzene rings is 7. The molecular formula is C54H45N3. The number of hydrogen-bond acceptors (Lipinski definition) is 1. The summed E-state index contributed by atoms with van der Waals surface area (Å²) in [5.74, 6) is 0. The van der Waals surface area contributed by atoms with Crippen LogP contribution < -0.4 is 5.32 Å². The molecule has 0 saturated carbocycles. The maximum atomic E-state index is 4.15. The van der Waals surface area contributed by atoms with Gasteiger partial charge in [0.25, 0.3) is 0 Å². The van der Waals surface area contributed by atoms with Crippen LogP contribution >= 0.6 is 0 Å². The van der Waals surface area contributed by atoms with Gasteiger partial charge in [0.15, 0.2) is 0 Å². The van der Waals surface area contributed by atoms with Crippen molar-refractivity contribution in [3.8, 4) is 16.8 Å². The van der Waals surface area contributed by atoms with E-state index in [9.17, 15) is 0 Å². The van der Waals surface area contributed by atoms with Crippen LogP contribution in [-0.4, -0.2) is 9.55 Å². The normalized spacial score (nSPS) is 12.4. The Labute approximate surface area is 335 Å². The van der Waals surface area contributed by atoms with Crippen molar-refractivity contribution in [1.29, 1.82) is 0 Å². The Morgan fingerprint density at radius 2 is 1.14 bits per heavy atom. The predicted octanol–water partition coefficient (Wildman–Crippen LogP) is 14.9. The van der Waals surface area contributed by atoms with Crippen LogP contribution in [0.5, 0.6) is 0 Å². The zero-order valence-electron chi connectivity index (χ0n) is 32.4. The molecule has 0 aliphatic carbocycles. The van der Waals surface area contributed by atoms with Crippen molar-refractivity contribution in [2.24, 2.45) is 0 Å². The zero-order chi connectivity index (χ0) is 39.0. The summed E-state index contributed by atoms with van der Waals surface area (Å²) in [6.07, 6.45) is 12.4. The highest BCUT2D eigenvalue weighted by Gasteiger charge is 2.13. The molecule has 9 aromatic rings. The highest BCUT2D eigenvalue weighted by atomic mass is 15.0. The van der Waals surface area contributed by atoms with Crippen LogP contribution in [0.25, 0.3) is 66.0 Å². The number of aromatic amines is 1. The standard InChI is InChI=1S/C42H36N2.C12H9N/c1-4-7-16-31(5-2)40(29-32(6-3)34-25-27-35(28-26-34)33-17-9-8-10-18-33)43-36-19-15-20-37(30-36)44-41-23-13-11-21-38(41)39-22-12-14-24-42(39)44;1-3-7-11-9(5-1)10-6-2-4-8-12(10)13-11/h4-30,43H,2H2,1,3H3;1-8,13H/b7-4-,31-16+,32-6+,40-29-;. The van der Waals surface area contributed by atoms with E-state index in [4.69, 9.17) is 0 Å². The van der Waals surface area contributed by atoms with Gasteiger partial charge < -0.3 is 14.9 Å². The topological polar surface area (TPSA) is 32.8 Å². The monoisotopic (exact) mass is 735 g/mol. The van der Waals surface area contributed by atoms with Crippen LogP contribution in [0, 0.1) is 0 Å². The molecule has 0 spiro atoms. The molecule has 0 amide bonds. The van der Waals surface area contributed by atoms with E-state index in [1.807, 2.05) is 31.2 Å². The molecule has 0 atom stereocenters. The number of nitrogens with zero attached hydrogens (tertiary/aromatic N) is 1. The Hall–Kier alpha value is -7.36. The fourth-order valence-corrected chi connectivity index (χ4v) is 7.51. The maximum Gasteiger partial charge on any atom is 0.0541 e. The fourth-order valence-electron chi connectivity index (χ4n) is 7.51. The molecule has 2 N–H and O–H groups in total. The average Bonchev–Trinajstić information content (AvgIpc) is 3.82. The van der Waals surface area contributed by atoms with Crippen LogP contribution in [-0.2, 0) is 0 Å². The Balaban J connectivity index is 0.000000292. The predicted molar refractivity (Wildman–Crippen MR) is 247 cm³/mol. The molecule has 3 heteroatoms. The Kier molecular flexibility index (Phi) is 10.9. The van der Waals surface area contributed by atoms with Crippen LogP contribution in [0.3, 0.4) is 0 Å². The maximum absolute atomic E-state index is 4.15. The minimum atomic E-state index is 0.970. The summed E-state index contributed by atoms with van der Waals surface area (Å²) in [7, 11) is 0. The van der Waals surface area contributed by atoms with Gasteiger partial charge in [-0.1, -0.05) is 170 Å². The smallest absolute Gasteiger partial charge is 0.0541 e. The number of hydrogen-bond donors (Lipinski definition) is 2. The van der Waals surface area contributed by atoms with E-state index in [0.29, 0.717) is 0 Å². The molecular weight excluding hydrogens is 691 g/mol. The second kappa shape index (κ2) is 17.0. The van der Waals surface area contributed by atoms with E-state index in [2.05, 4.69) is 216 Å². The fraction of sp³-hybridized carbons (Fsp3) is 0.0370. The third kappa shape index (κ3) is 7.78. The molecule has 0 saturated heterocycles. The number of nitrogens with one attached hydrogen (secondary N) is 2. The molecule has 0 aliphatic heterocycles. The number of H-pyrrole nitrogens is 1. The molecule has 7 aromatic carbocycles. The number of aromatic nitrogens is 2. The lowest BCUT2D eigenvalue weighted by atomic mass is 9.98. The Morgan fingerprint density at radius 3 is 1.74 bits per heavy atom. The minimum absolute atomic E-state index is 0.970. The first kappa shape index (κ1) is 36.6. The Morgan fingerprint density at radius 1 is 0.579 bits per heavy atom. The largest absolute Gasteiger partial charge is 0.355 e. The summed E-state index contributed by atoms with van der Waals surface area (Å²) in [5, 5.41) is 8.85. The van der Waals surface area contributed by atoms with Crippen LogP contribution in [0.4, 0.5) is 5.69 Å². The minimum Gasteiger partial charge on any atom is -0.355 e. The first-order valence-corrected chi connectivity index (χ1v) is 19.5. The molecule has 2 heterocycles. The first-order valence-electron chi connectivity index (χ1n) is 19.5. The van der Waals surface area contributed by atoms with Gasteiger partial charge in [-0.2, -0.15) is 0 Å². The van der Waals surface area contributed by atoms with Gasteiger partial charge in [-0.15, -0.1) is 0 Å². The highest BCUT2D eigenvalue weighted by Crippen LogP contribution is 2.33. The van der Waals surface area contributed by atoms with Crippen molar-refractivity contribution in [2.75, 3.05) is 5.32 Å². The number of rotatable bonds is 9.